The van der Waals surface area contributed by atoms with Crippen LogP contribution in [-0.2, 0) is 6.61 Å². The van der Waals surface area contributed by atoms with Crippen molar-refractivity contribution in [1.82, 2.24) is 0 Å². The van der Waals surface area contributed by atoms with Gasteiger partial charge in [-0.2, -0.15) is 0 Å². The average molecular weight is 452 g/mol. The number of hydrogen-bond acceptors (Lipinski definition) is 3. The fraction of sp³-hybridized carbons (Fsp3) is 0.240. The summed E-state index contributed by atoms with van der Waals surface area (Å²) in [6, 6.07) is 18.4. The predicted molar refractivity (Wildman–Crippen MR) is 124 cm³/mol. The van der Waals surface area contributed by atoms with Gasteiger partial charge in [-0.15, -0.1) is 0 Å². The highest BCUT2D eigenvalue weighted by molar-refractivity contribution is 9.10. The molecule has 4 heteroatoms. The molecule has 3 nitrogen and oxygen atoms in total. The van der Waals surface area contributed by atoms with E-state index in [9.17, 15) is 0 Å². The number of halogens is 1. The first-order chi connectivity index (χ1) is 14.0. The topological polar surface area (TPSA) is 30.8 Å². The lowest BCUT2D eigenvalue weighted by molar-refractivity contribution is 0.267. The highest BCUT2D eigenvalue weighted by Crippen LogP contribution is 2.37. The summed E-state index contributed by atoms with van der Waals surface area (Å²) in [5.41, 5.74) is 6.69. The zero-order valence-corrected chi connectivity index (χ0v) is 18.9. The SMILES string of the molecule is CCOc1cc(C=Nc2cccc(C)c2C)cc(Br)c1OCc1ccc(C)cc1. The quantitative estimate of drug-likeness (QED) is 0.358. The molecule has 0 radical (unpaired) electrons. The van der Waals surface area contributed by atoms with Crippen LogP contribution in [0, 0.1) is 20.8 Å². The Morgan fingerprint density at radius 1 is 0.966 bits per heavy atom. The summed E-state index contributed by atoms with van der Waals surface area (Å²) in [6.07, 6.45) is 1.86. The van der Waals surface area contributed by atoms with E-state index in [1.807, 2.05) is 37.4 Å². The van der Waals surface area contributed by atoms with Gasteiger partial charge in [-0.25, -0.2) is 0 Å². The molecule has 150 valence electrons. The molecule has 0 amide bonds. The molecule has 0 aliphatic heterocycles. The van der Waals surface area contributed by atoms with Crippen LogP contribution in [0.1, 0.15) is 34.7 Å². The number of aliphatic imine (C=N–C) groups is 1. The Hall–Kier alpha value is -2.59. The van der Waals surface area contributed by atoms with Crippen LogP contribution in [0.5, 0.6) is 11.5 Å². The van der Waals surface area contributed by atoms with Crippen molar-refractivity contribution in [2.75, 3.05) is 6.61 Å². The number of ether oxygens (including phenoxy) is 2. The first-order valence-electron chi connectivity index (χ1n) is 9.73. The van der Waals surface area contributed by atoms with Crippen molar-refractivity contribution in [3.63, 3.8) is 0 Å². The molecule has 0 bridgehead atoms. The maximum Gasteiger partial charge on any atom is 0.175 e. The zero-order valence-electron chi connectivity index (χ0n) is 17.3. The molecule has 29 heavy (non-hydrogen) atoms. The highest BCUT2D eigenvalue weighted by atomic mass is 79.9. The average Bonchev–Trinajstić information content (AvgIpc) is 2.70. The van der Waals surface area contributed by atoms with Gasteiger partial charge in [-0.1, -0.05) is 42.0 Å². The van der Waals surface area contributed by atoms with E-state index in [1.54, 1.807) is 0 Å². The minimum atomic E-state index is 0.481. The van der Waals surface area contributed by atoms with Gasteiger partial charge in [0, 0.05) is 6.21 Å². The molecule has 3 rings (SSSR count). The summed E-state index contributed by atoms with van der Waals surface area (Å²) in [7, 11) is 0. The van der Waals surface area contributed by atoms with Crippen LogP contribution in [-0.4, -0.2) is 12.8 Å². The predicted octanol–water partition coefficient (Wildman–Crippen LogP) is 7.10. The zero-order chi connectivity index (χ0) is 20.8. The Kier molecular flexibility index (Phi) is 7.10. The van der Waals surface area contributed by atoms with Gasteiger partial charge in [0.15, 0.2) is 11.5 Å². The van der Waals surface area contributed by atoms with Gasteiger partial charge >= 0.3 is 0 Å². The summed E-state index contributed by atoms with van der Waals surface area (Å²) in [5.74, 6) is 1.41. The molecule has 0 aromatic heterocycles. The molecule has 0 heterocycles. The van der Waals surface area contributed by atoms with E-state index in [1.165, 1.54) is 16.7 Å². The van der Waals surface area contributed by atoms with Crippen LogP contribution in [0.25, 0.3) is 0 Å². The van der Waals surface area contributed by atoms with Gasteiger partial charge in [0.05, 0.1) is 16.8 Å². The number of benzene rings is 3. The second-order valence-electron chi connectivity index (χ2n) is 7.01. The van der Waals surface area contributed by atoms with E-state index in [0.29, 0.717) is 24.7 Å². The van der Waals surface area contributed by atoms with Gasteiger partial charge < -0.3 is 9.47 Å². The van der Waals surface area contributed by atoms with Gasteiger partial charge in [-0.3, -0.25) is 4.99 Å². The van der Waals surface area contributed by atoms with Gasteiger partial charge in [0.2, 0.25) is 0 Å². The molecular formula is C25H26BrNO2. The Balaban J connectivity index is 1.84. The lowest BCUT2D eigenvalue weighted by Gasteiger charge is -2.15. The Labute approximate surface area is 181 Å². The summed E-state index contributed by atoms with van der Waals surface area (Å²) < 4.78 is 12.8. The van der Waals surface area contributed by atoms with Crippen molar-refractivity contribution in [1.29, 1.82) is 0 Å². The first kappa shape index (κ1) is 21.1. The summed E-state index contributed by atoms with van der Waals surface area (Å²) in [5, 5.41) is 0. The van der Waals surface area contributed by atoms with Crippen LogP contribution < -0.4 is 9.47 Å². The maximum atomic E-state index is 6.08. The van der Waals surface area contributed by atoms with Crippen molar-refractivity contribution in [2.45, 2.75) is 34.3 Å². The monoisotopic (exact) mass is 451 g/mol. The van der Waals surface area contributed by atoms with Crippen molar-refractivity contribution >= 4 is 27.8 Å². The molecule has 0 N–H and O–H groups in total. The van der Waals surface area contributed by atoms with Crippen molar-refractivity contribution in [2.24, 2.45) is 4.99 Å². The summed E-state index contributed by atoms with van der Waals surface area (Å²) >= 11 is 3.64. The largest absolute Gasteiger partial charge is 0.490 e. The Morgan fingerprint density at radius 3 is 2.45 bits per heavy atom. The van der Waals surface area contributed by atoms with Gasteiger partial charge in [-0.05, 0) is 84.1 Å². The van der Waals surface area contributed by atoms with Crippen molar-refractivity contribution in [3.05, 3.63) is 86.9 Å². The molecule has 3 aromatic rings. The van der Waals surface area contributed by atoms with Crippen molar-refractivity contribution in [3.8, 4) is 11.5 Å². The van der Waals surface area contributed by atoms with Gasteiger partial charge in [0.1, 0.15) is 6.61 Å². The normalized spacial score (nSPS) is 11.1. The number of nitrogens with zero attached hydrogens (tertiary/aromatic N) is 1. The van der Waals surface area contributed by atoms with Crippen LogP contribution in [0.15, 0.2) is 64.1 Å². The Bertz CT molecular complexity index is 1010. The number of hydrogen-bond donors (Lipinski definition) is 0. The standard InChI is InChI=1S/C25H26BrNO2/c1-5-28-24-14-21(15-27-23-8-6-7-18(3)19(23)4)13-22(26)25(24)29-16-20-11-9-17(2)10-12-20/h6-15H,5,16H2,1-4H3. The summed E-state index contributed by atoms with van der Waals surface area (Å²) in [6.45, 7) is 9.27. The van der Waals surface area contributed by atoms with Crippen LogP contribution in [0.2, 0.25) is 0 Å². The molecule has 0 saturated heterocycles. The minimum absolute atomic E-state index is 0.481. The first-order valence-corrected chi connectivity index (χ1v) is 10.5. The molecule has 0 unspecified atom stereocenters. The number of aryl methyl sites for hydroxylation is 2. The molecule has 0 fully saturated rings. The van der Waals surface area contributed by atoms with Crippen LogP contribution >= 0.6 is 15.9 Å². The second-order valence-corrected chi connectivity index (χ2v) is 7.87. The smallest absolute Gasteiger partial charge is 0.175 e. The third-order valence-corrected chi connectivity index (χ3v) is 5.35. The lowest BCUT2D eigenvalue weighted by atomic mass is 10.1. The third kappa shape index (κ3) is 5.48. The van der Waals surface area contributed by atoms with E-state index < -0.39 is 0 Å². The lowest BCUT2D eigenvalue weighted by Crippen LogP contribution is -2.01. The molecule has 3 aromatic carbocycles. The molecule has 0 atom stereocenters. The molecular weight excluding hydrogens is 426 g/mol. The maximum absolute atomic E-state index is 6.08. The molecule has 0 saturated carbocycles. The number of rotatable bonds is 7. The van der Waals surface area contributed by atoms with Gasteiger partial charge in [0.25, 0.3) is 0 Å². The fourth-order valence-corrected chi connectivity index (χ4v) is 3.50. The van der Waals surface area contributed by atoms with E-state index in [0.717, 1.165) is 21.3 Å². The second kappa shape index (κ2) is 9.75. The van der Waals surface area contributed by atoms with E-state index in [4.69, 9.17) is 9.47 Å². The van der Waals surface area contributed by atoms with E-state index >= 15 is 0 Å². The molecule has 0 aliphatic carbocycles. The Morgan fingerprint density at radius 2 is 1.72 bits per heavy atom. The van der Waals surface area contributed by atoms with Crippen molar-refractivity contribution < 1.29 is 9.47 Å². The fourth-order valence-electron chi connectivity index (χ4n) is 2.92. The molecule has 0 aliphatic rings. The van der Waals surface area contributed by atoms with E-state index in [-0.39, 0.29) is 0 Å². The van der Waals surface area contributed by atoms with E-state index in [2.05, 4.69) is 72.0 Å². The van der Waals surface area contributed by atoms with Crippen LogP contribution in [0.3, 0.4) is 0 Å². The minimum Gasteiger partial charge on any atom is -0.490 e. The molecule has 0 spiro atoms. The third-order valence-electron chi connectivity index (χ3n) is 4.76. The van der Waals surface area contributed by atoms with Crippen LogP contribution in [0.4, 0.5) is 5.69 Å². The highest BCUT2D eigenvalue weighted by Gasteiger charge is 2.12. The summed E-state index contributed by atoms with van der Waals surface area (Å²) in [4.78, 5) is 4.67.